The number of benzene rings is 1. The number of para-hydroxylation sites is 1. The quantitative estimate of drug-likeness (QED) is 0.738. The third-order valence-corrected chi connectivity index (χ3v) is 5.16. The zero-order valence-electron chi connectivity index (χ0n) is 16.9. The van der Waals surface area contributed by atoms with Crippen LogP contribution in [0.25, 0.3) is 0 Å². The van der Waals surface area contributed by atoms with Gasteiger partial charge < -0.3 is 15.4 Å². The van der Waals surface area contributed by atoms with Gasteiger partial charge in [-0.3, -0.25) is 19.1 Å². The van der Waals surface area contributed by atoms with E-state index in [4.69, 9.17) is 10.5 Å². The number of H-pyrrole nitrogens is 1. The van der Waals surface area contributed by atoms with Gasteiger partial charge in [-0.1, -0.05) is 38.5 Å². The molecule has 3 rings (SSSR count). The van der Waals surface area contributed by atoms with Crippen LogP contribution in [0.15, 0.2) is 33.9 Å². The van der Waals surface area contributed by atoms with Gasteiger partial charge in [-0.2, -0.15) is 0 Å². The van der Waals surface area contributed by atoms with E-state index in [1.54, 1.807) is 0 Å². The number of carbonyl (C=O) groups excluding carboxylic acids is 1. The monoisotopic (exact) mass is 400 g/mol. The Morgan fingerprint density at radius 2 is 2.03 bits per heavy atom. The molecule has 0 aliphatic carbocycles. The zero-order valence-corrected chi connectivity index (χ0v) is 16.9. The summed E-state index contributed by atoms with van der Waals surface area (Å²) in [5.41, 5.74) is 6.02. The maximum atomic E-state index is 13.4. The fourth-order valence-electron chi connectivity index (χ4n) is 3.64. The van der Waals surface area contributed by atoms with E-state index in [2.05, 4.69) is 4.98 Å². The van der Waals surface area contributed by atoms with Gasteiger partial charge in [0.05, 0.1) is 5.92 Å². The van der Waals surface area contributed by atoms with Crippen LogP contribution in [-0.4, -0.2) is 28.6 Å². The van der Waals surface area contributed by atoms with Crippen LogP contribution in [0, 0.1) is 5.92 Å². The maximum absolute atomic E-state index is 13.4. The van der Waals surface area contributed by atoms with E-state index in [0.29, 0.717) is 32.4 Å². The molecule has 1 aliphatic heterocycles. The van der Waals surface area contributed by atoms with Gasteiger partial charge in [0, 0.05) is 13.1 Å². The highest BCUT2D eigenvalue weighted by Gasteiger charge is 2.32. The van der Waals surface area contributed by atoms with Gasteiger partial charge in [0.25, 0.3) is 5.56 Å². The molecule has 3 N–H and O–H groups in total. The fourth-order valence-corrected chi connectivity index (χ4v) is 3.64. The first-order valence-corrected chi connectivity index (χ1v) is 10.1. The molecule has 1 aromatic heterocycles. The number of aromatic nitrogens is 2. The van der Waals surface area contributed by atoms with Gasteiger partial charge in [-0.05, 0) is 30.9 Å². The number of carbonyl (C=O) groups is 1. The summed E-state index contributed by atoms with van der Waals surface area (Å²) >= 11 is 0. The maximum Gasteiger partial charge on any atom is 0.330 e. The first-order chi connectivity index (χ1) is 14.0. The number of hydrogen-bond donors (Lipinski definition) is 2. The lowest BCUT2D eigenvalue weighted by atomic mass is 9.95. The topological polar surface area (TPSA) is 110 Å². The highest BCUT2D eigenvalue weighted by atomic mass is 16.5. The molecule has 2 aromatic rings. The van der Waals surface area contributed by atoms with Gasteiger partial charge in [-0.25, -0.2) is 4.79 Å². The lowest BCUT2D eigenvalue weighted by Crippen LogP contribution is -2.46. The van der Waals surface area contributed by atoms with Crippen LogP contribution in [0.5, 0.6) is 5.75 Å². The van der Waals surface area contributed by atoms with Crippen LogP contribution in [0.3, 0.4) is 0 Å². The first-order valence-electron chi connectivity index (χ1n) is 10.1. The summed E-state index contributed by atoms with van der Waals surface area (Å²) in [4.78, 5) is 42.0. The molecule has 0 fully saturated rings. The summed E-state index contributed by atoms with van der Waals surface area (Å²) in [5, 5.41) is 0. The SMILES string of the molecule is CCCCN(C(=O)C1COc2ccccc2C1)c1c(N)n(CCC)c(=O)[nH]c1=O. The number of amides is 1. The lowest BCUT2D eigenvalue weighted by molar-refractivity contribution is -0.123. The smallest absolute Gasteiger partial charge is 0.330 e. The number of ether oxygens (including phenoxy) is 1. The van der Waals surface area contributed by atoms with Crippen LogP contribution in [0.1, 0.15) is 38.7 Å². The van der Waals surface area contributed by atoms with Gasteiger partial charge in [0.2, 0.25) is 5.91 Å². The van der Waals surface area contributed by atoms with Gasteiger partial charge in [0.15, 0.2) is 5.69 Å². The van der Waals surface area contributed by atoms with Crippen molar-refractivity contribution in [2.24, 2.45) is 5.92 Å². The molecule has 0 saturated carbocycles. The average molecular weight is 400 g/mol. The largest absolute Gasteiger partial charge is 0.492 e. The molecular weight excluding hydrogens is 372 g/mol. The number of nitrogens with one attached hydrogen (secondary N) is 1. The van der Waals surface area contributed by atoms with Gasteiger partial charge >= 0.3 is 5.69 Å². The van der Waals surface area contributed by atoms with Crippen molar-refractivity contribution >= 4 is 17.4 Å². The van der Waals surface area contributed by atoms with Crippen LogP contribution in [-0.2, 0) is 17.8 Å². The van der Waals surface area contributed by atoms with Crippen LogP contribution < -0.4 is 26.6 Å². The Bertz CT molecular complexity index is 995. The Balaban J connectivity index is 1.99. The fraction of sp³-hybridized carbons (Fsp3) is 0.476. The average Bonchev–Trinajstić information content (AvgIpc) is 2.72. The van der Waals surface area contributed by atoms with E-state index < -0.39 is 17.2 Å². The predicted molar refractivity (Wildman–Crippen MR) is 112 cm³/mol. The second-order valence-corrected chi connectivity index (χ2v) is 7.31. The van der Waals surface area contributed by atoms with Crippen molar-refractivity contribution < 1.29 is 9.53 Å². The van der Waals surface area contributed by atoms with Gasteiger partial charge in [0.1, 0.15) is 18.2 Å². The van der Waals surface area contributed by atoms with Crippen molar-refractivity contribution in [3.63, 3.8) is 0 Å². The van der Waals surface area contributed by atoms with Crippen molar-refractivity contribution in [2.75, 3.05) is 23.8 Å². The molecule has 29 heavy (non-hydrogen) atoms. The molecule has 156 valence electrons. The summed E-state index contributed by atoms with van der Waals surface area (Å²) in [6.07, 6.45) is 2.76. The summed E-state index contributed by atoms with van der Waals surface area (Å²) < 4.78 is 7.08. The Labute approximate surface area is 169 Å². The molecule has 2 heterocycles. The Kier molecular flexibility index (Phi) is 6.41. The third kappa shape index (κ3) is 4.21. The molecule has 0 spiro atoms. The minimum absolute atomic E-state index is 0.0298. The Morgan fingerprint density at radius 3 is 2.76 bits per heavy atom. The van der Waals surface area contributed by atoms with Crippen LogP contribution in [0.4, 0.5) is 11.5 Å². The number of rotatable bonds is 7. The van der Waals surface area contributed by atoms with E-state index in [9.17, 15) is 14.4 Å². The molecule has 1 aliphatic rings. The zero-order chi connectivity index (χ0) is 21.0. The predicted octanol–water partition coefficient (Wildman–Crippen LogP) is 1.91. The molecule has 0 bridgehead atoms. The summed E-state index contributed by atoms with van der Waals surface area (Å²) in [6.45, 7) is 4.88. The summed E-state index contributed by atoms with van der Waals surface area (Å²) in [5.74, 6) is 0.173. The van der Waals surface area contributed by atoms with Crippen molar-refractivity contribution in [1.29, 1.82) is 0 Å². The highest BCUT2D eigenvalue weighted by molar-refractivity contribution is 5.97. The third-order valence-electron chi connectivity index (χ3n) is 5.16. The minimum atomic E-state index is -0.638. The number of anilines is 2. The number of nitrogen functional groups attached to an aromatic ring is 1. The van der Waals surface area contributed by atoms with Crippen molar-refractivity contribution in [3.05, 3.63) is 50.7 Å². The molecule has 8 heteroatoms. The normalized spacial score (nSPS) is 15.4. The molecule has 0 saturated heterocycles. The molecule has 8 nitrogen and oxygen atoms in total. The first kappa shape index (κ1) is 20.7. The van der Waals surface area contributed by atoms with E-state index in [1.165, 1.54) is 9.47 Å². The summed E-state index contributed by atoms with van der Waals surface area (Å²) in [6, 6.07) is 7.63. The number of unbranched alkanes of at least 4 members (excludes halogenated alkanes) is 1. The standard InChI is InChI=1S/C21H28N4O4/c1-3-5-11-24(17-18(22)25(10-4-2)21(28)23-19(17)26)20(27)15-12-14-8-6-7-9-16(14)29-13-15/h6-9,15H,3-5,10-13,22H2,1-2H3,(H,23,26,28). The Morgan fingerprint density at radius 1 is 1.28 bits per heavy atom. The summed E-state index contributed by atoms with van der Waals surface area (Å²) in [7, 11) is 0. The second-order valence-electron chi connectivity index (χ2n) is 7.31. The molecule has 1 aromatic carbocycles. The van der Waals surface area contributed by atoms with E-state index in [0.717, 1.165) is 17.7 Å². The van der Waals surface area contributed by atoms with Crippen molar-refractivity contribution in [2.45, 2.75) is 46.1 Å². The number of fused-ring (bicyclic) bond motifs is 1. The number of nitrogens with zero attached hydrogens (tertiary/aromatic N) is 2. The van der Waals surface area contributed by atoms with Crippen LogP contribution >= 0.6 is 0 Å². The molecule has 1 atom stereocenters. The number of aromatic amines is 1. The molecular formula is C21H28N4O4. The van der Waals surface area contributed by atoms with Crippen molar-refractivity contribution in [3.8, 4) is 5.75 Å². The van der Waals surface area contributed by atoms with E-state index >= 15 is 0 Å². The van der Waals surface area contributed by atoms with Crippen LogP contribution in [0.2, 0.25) is 0 Å². The van der Waals surface area contributed by atoms with E-state index in [1.807, 2.05) is 38.1 Å². The number of hydrogen-bond acceptors (Lipinski definition) is 5. The Hall–Kier alpha value is -3.03. The number of nitrogens with two attached hydrogens (primary N) is 1. The highest BCUT2D eigenvalue weighted by Crippen LogP contribution is 2.29. The molecule has 1 amide bonds. The minimum Gasteiger partial charge on any atom is -0.492 e. The lowest BCUT2D eigenvalue weighted by Gasteiger charge is -2.31. The second kappa shape index (κ2) is 8.98. The van der Waals surface area contributed by atoms with Gasteiger partial charge in [-0.15, -0.1) is 0 Å². The molecule has 1 unspecified atom stereocenters. The molecule has 0 radical (unpaired) electrons. The van der Waals surface area contributed by atoms with Crippen molar-refractivity contribution in [1.82, 2.24) is 9.55 Å². The van der Waals surface area contributed by atoms with E-state index in [-0.39, 0.29) is 24.0 Å².